The summed E-state index contributed by atoms with van der Waals surface area (Å²) in [5.41, 5.74) is 0. The van der Waals surface area contributed by atoms with Crippen molar-refractivity contribution in [3.8, 4) is 0 Å². The third-order valence-electron chi connectivity index (χ3n) is 4.38. The number of benzene rings is 1. The van der Waals surface area contributed by atoms with Crippen molar-refractivity contribution in [3.63, 3.8) is 0 Å². The fraction of sp³-hybridized carbons (Fsp3) is 0.700. The van der Waals surface area contributed by atoms with Crippen LogP contribution in [0.3, 0.4) is 0 Å². The molecule has 27 heavy (non-hydrogen) atoms. The molecule has 1 aromatic carbocycles. The molecule has 156 valence electrons. The van der Waals surface area contributed by atoms with Crippen molar-refractivity contribution >= 4 is 40.4 Å². The molecule has 0 fully saturated rings. The molecule has 0 aromatic heterocycles. The minimum Gasteiger partial charge on any atom is -0.416 e. The van der Waals surface area contributed by atoms with Gasteiger partial charge in [0.05, 0.1) is 0 Å². The Morgan fingerprint density at radius 2 is 1.41 bits per heavy atom. The Morgan fingerprint density at radius 3 is 1.89 bits per heavy atom. The van der Waals surface area contributed by atoms with Crippen molar-refractivity contribution in [1.82, 2.24) is 0 Å². The lowest BCUT2D eigenvalue weighted by Crippen LogP contribution is -2.64. The fourth-order valence-corrected chi connectivity index (χ4v) is 16.7. The van der Waals surface area contributed by atoms with Gasteiger partial charge in [0.1, 0.15) is 0 Å². The molecular formula is C20H42O3Si4. The van der Waals surface area contributed by atoms with E-state index in [4.69, 9.17) is 12.3 Å². The van der Waals surface area contributed by atoms with Crippen molar-refractivity contribution in [2.75, 3.05) is 0 Å². The Balaban J connectivity index is 2.94. The van der Waals surface area contributed by atoms with Crippen LogP contribution in [-0.4, -0.2) is 35.2 Å². The second-order valence-corrected chi connectivity index (χ2v) is 21.7. The van der Waals surface area contributed by atoms with Crippen molar-refractivity contribution in [2.24, 2.45) is 5.92 Å². The highest BCUT2D eigenvalue weighted by Crippen LogP contribution is 2.25. The van der Waals surface area contributed by atoms with Gasteiger partial charge in [0.25, 0.3) is 0 Å². The molecular weight excluding hydrogens is 401 g/mol. The molecule has 1 aromatic rings. The van der Waals surface area contributed by atoms with E-state index < -0.39 is 35.2 Å². The summed E-state index contributed by atoms with van der Waals surface area (Å²) in [5, 5.41) is 1.15. The van der Waals surface area contributed by atoms with E-state index in [-0.39, 0.29) is 0 Å². The van der Waals surface area contributed by atoms with E-state index in [1.807, 2.05) is 0 Å². The van der Waals surface area contributed by atoms with Gasteiger partial charge in [0.15, 0.2) is 26.4 Å². The molecule has 0 atom stereocenters. The standard InChI is InChI=1S/C20H42O3Si4/c1-19(2)15-11-10-14-18-26(7,8)23-27(21-24(3)4,22-25(5)6)20-16-12-9-13-17-20/h9,12-13,16-17,19,24-25H,10-11,14-15,18H2,1-8H3. The maximum absolute atomic E-state index is 6.96. The maximum Gasteiger partial charge on any atom is 0.505 e. The zero-order valence-corrected chi connectivity index (χ0v) is 23.2. The van der Waals surface area contributed by atoms with Crippen LogP contribution >= 0.6 is 0 Å². The van der Waals surface area contributed by atoms with Gasteiger partial charge in [0, 0.05) is 5.19 Å². The summed E-state index contributed by atoms with van der Waals surface area (Å²) in [7, 11) is -7.33. The summed E-state index contributed by atoms with van der Waals surface area (Å²) in [6.45, 7) is 18.2. The lowest BCUT2D eigenvalue weighted by molar-refractivity contribution is 0.282. The second kappa shape index (κ2) is 11.8. The smallest absolute Gasteiger partial charge is 0.416 e. The molecule has 0 aliphatic heterocycles. The molecule has 0 saturated carbocycles. The molecule has 0 unspecified atom stereocenters. The van der Waals surface area contributed by atoms with Crippen molar-refractivity contribution < 1.29 is 12.3 Å². The van der Waals surface area contributed by atoms with Gasteiger partial charge in [-0.3, -0.25) is 0 Å². The Labute approximate surface area is 173 Å². The topological polar surface area (TPSA) is 27.7 Å². The third-order valence-corrected chi connectivity index (χ3v) is 16.5. The molecule has 0 aliphatic carbocycles. The first-order valence-corrected chi connectivity index (χ1v) is 21.1. The van der Waals surface area contributed by atoms with Crippen LogP contribution in [0.4, 0.5) is 0 Å². The molecule has 0 N–H and O–H groups in total. The van der Waals surface area contributed by atoms with E-state index in [1.54, 1.807) is 0 Å². The minimum absolute atomic E-state index is 0.804. The van der Waals surface area contributed by atoms with E-state index in [9.17, 15) is 0 Å². The first kappa shape index (κ1) is 25.0. The predicted molar refractivity (Wildman–Crippen MR) is 128 cm³/mol. The SMILES string of the molecule is CC(C)CCCCC[Si](C)(C)O[Si](O[SiH](C)C)(O[SiH](C)C)c1ccccc1. The zero-order valence-electron chi connectivity index (χ0n) is 18.9. The summed E-state index contributed by atoms with van der Waals surface area (Å²) in [4.78, 5) is 0. The van der Waals surface area contributed by atoms with Crippen LogP contribution in [0.2, 0.25) is 45.3 Å². The quantitative estimate of drug-likeness (QED) is 0.307. The highest BCUT2D eigenvalue weighted by Gasteiger charge is 2.48. The van der Waals surface area contributed by atoms with Gasteiger partial charge in [-0.05, 0) is 51.2 Å². The van der Waals surface area contributed by atoms with E-state index in [2.05, 4.69) is 83.5 Å². The summed E-state index contributed by atoms with van der Waals surface area (Å²) < 4.78 is 20.2. The lowest BCUT2D eigenvalue weighted by Gasteiger charge is -2.39. The highest BCUT2D eigenvalue weighted by molar-refractivity contribution is 6.91. The molecule has 0 aliphatic rings. The monoisotopic (exact) mass is 442 g/mol. The average molecular weight is 443 g/mol. The molecule has 0 spiro atoms. The molecule has 1 rings (SSSR count). The van der Waals surface area contributed by atoms with Crippen LogP contribution in [-0.2, 0) is 12.3 Å². The largest absolute Gasteiger partial charge is 0.505 e. The molecule has 0 amide bonds. The Kier molecular flexibility index (Phi) is 11.0. The Bertz CT molecular complexity index is 511. The zero-order chi connectivity index (χ0) is 20.5. The van der Waals surface area contributed by atoms with Gasteiger partial charge >= 0.3 is 8.80 Å². The van der Waals surface area contributed by atoms with Gasteiger partial charge in [0.2, 0.25) is 0 Å². The summed E-state index contributed by atoms with van der Waals surface area (Å²) in [6.07, 6.45) is 5.21. The fourth-order valence-electron chi connectivity index (χ4n) is 3.23. The number of hydrogen-bond donors (Lipinski definition) is 0. The number of unbranched alkanes of at least 4 members (excludes halogenated alkanes) is 2. The van der Waals surface area contributed by atoms with Crippen molar-refractivity contribution in [2.45, 2.75) is 84.9 Å². The van der Waals surface area contributed by atoms with Gasteiger partial charge in [-0.15, -0.1) is 0 Å². The number of hydrogen-bond acceptors (Lipinski definition) is 3. The van der Waals surface area contributed by atoms with E-state index in [0.29, 0.717) is 0 Å². The first-order valence-electron chi connectivity index (χ1n) is 10.7. The minimum atomic E-state index is -2.83. The maximum atomic E-state index is 6.96. The molecule has 0 bridgehead atoms. The average Bonchev–Trinajstić information content (AvgIpc) is 2.53. The molecule has 0 heterocycles. The van der Waals surface area contributed by atoms with Crippen LogP contribution in [0.1, 0.15) is 39.5 Å². The predicted octanol–water partition coefficient (Wildman–Crippen LogP) is 5.27. The molecule has 0 radical (unpaired) electrons. The molecule has 0 saturated heterocycles. The number of rotatable bonds is 13. The highest BCUT2D eigenvalue weighted by atomic mass is 28.5. The van der Waals surface area contributed by atoms with Crippen molar-refractivity contribution in [1.29, 1.82) is 0 Å². The van der Waals surface area contributed by atoms with Crippen LogP contribution in [0.5, 0.6) is 0 Å². The van der Waals surface area contributed by atoms with Crippen LogP contribution in [0, 0.1) is 5.92 Å². The van der Waals surface area contributed by atoms with E-state index in [0.717, 1.165) is 11.1 Å². The van der Waals surface area contributed by atoms with Crippen LogP contribution in [0.25, 0.3) is 0 Å². The third kappa shape index (κ3) is 9.82. The normalized spacial score (nSPS) is 13.1. The summed E-state index contributed by atoms with van der Waals surface area (Å²) in [5.74, 6) is 0.804. The van der Waals surface area contributed by atoms with Gasteiger partial charge in [-0.1, -0.05) is 69.9 Å². The van der Waals surface area contributed by atoms with Gasteiger partial charge in [-0.25, -0.2) is 0 Å². The van der Waals surface area contributed by atoms with Crippen molar-refractivity contribution in [3.05, 3.63) is 30.3 Å². The van der Waals surface area contributed by atoms with E-state index in [1.165, 1.54) is 31.7 Å². The first-order chi connectivity index (χ1) is 12.6. The summed E-state index contributed by atoms with van der Waals surface area (Å²) >= 11 is 0. The van der Waals surface area contributed by atoms with Gasteiger partial charge < -0.3 is 12.3 Å². The molecule has 3 nitrogen and oxygen atoms in total. The summed E-state index contributed by atoms with van der Waals surface area (Å²) in [6, 6.07) is 11.7. The van der Waals surface area contributed by atoms with Crippen LogP contribution in [0.15, 0.2) is 30.3 Å². The van der Waals surface area contributed by atoms with Crippen LogP contribution < -0.4 is 5.19 Å². The Hall–Kier alpha value is -0.0325. The van der Waals surface area contributed by atoms with Gasteiger partial charge in [-0.2, -0.15) is 0 Å². The van der Waals surface area contributed by atoms with E-state index >= 15 is 0 Å². The molecule has 7 heteroatoms. The lowest BCUT2D eigenvalue weighted by atomic mass is 10.1. The Morgan fingerprint density at radius 1 is 0.852 bits per heavy atom. The second-order valence-electron chi connectivity index (χ2n) is 9.11.